The van der Waals surface area contributed by atoms with Crippen LogP contribution >= 0.6 is 0 Å². The maximum atomic E-state index is 12.8. The van der Waals surface area contributed by atoms with Crippen LogP contribution in [0.3, 0.4) is 0 Å². The van der Waals surface area contributed by atoms with E-state index < -0.39 is 33.9 Å². The second kappa shape index (κ2) is 7.12. The van der Waals surface area contributed by atoms with Gasteiger partial charge in [0.15, 0.2) is 6.61 Å². The van der Waals surface area contributed by atoms with E-state index in [-0.39, 0.29) is 6.10 Å². The molecule has 0 amide bonds. The van der Waals surface area contributed by atoms with Crippen molar-refractivity contribution >= 4 is 22.1 Å². The molecule has 10 heteroatoms. The average Bonchev–Trinajstić information content (AvgIpc) is 2.63. The molecule has 1 saturated carbocycles. The van der Waals surface area contributed by atoms with Gasteiger partial charge in [-0.2, -0.15) is 17.2 Å². The third-order valence-electron chi connectivity index (χ3n) is 2.98. The number of alkyl halides is 2. The molecule has 0 spiro atoms. The third-order valence-corrected chi connectivity index (χ3v) is 3.80. The zero-order valence-corrected chi connectivity index (χ0v) is 11.9. The van der Waals surface area contributed by atoms with Crippen LogP contribution in [0.15, 0.2) is 0 Å². The van der Waals surface area contributed by atoms with Gasteiger partial charge in [-0.25, -0.2) is 9.59 Å². The molecule has 122 valence electrons. The lowest BCUT2D eigenvalue weighted by atomic mass is 10.1. The number of rotatable bonds is 5. The summed E-state index contributed by atoms with van der Waals surface area (Å²) in [5, 5.41) is -5.12. The summed E-state index contributed by atoms with van der Waals surface area (Å²) in [4.78, 5) is 22.2. The fourth-order valence-corrected chi connectivity index (χ4v) is 2.16. The molecular formula is C11H16F2O7S. The molecule has 7 nitrogen and oxygen atoms in total. The van der Waals surface area contributed by atoms with E-state index in [1.165, 1.54) is 0 Å². The van der Waals surface area contributed by atoms with Crippen LogP contribution in [0.25, 0.3) is 0 Å². The molecule has 0 bridgehead atoms. The minimum absolute atomic E-state index is 0.360. The van der Waals surface area contributed by atoms with Crippen molar-refractivity contribution in [3.05, 3.63) is 0 Å². The summed E-state index contributed by atoms with van der Waals surface area (Å²) < 4.78 is 63.2. The average molecular weight is 330 g/mol. The van der Waals surface area contributed by atoms with Crippen LogP contribution in [-0.2, 0) is 29.2 Å². The number of halogens is 2. The highest BCUT2D eigenvalue weighted by Crippen LogP contribution is 2.22. The van der Waals surface area contributed by atoms with Crippen molar-refractivity contribution in [1.29, 1.82) is 0 Å². The van der Waals surface area contributed by atoms with Gasteiger partial charge in [-0.15, -0.1) is 0 Å². The minimum Gasteiger partial charge on any atom is -0.460 e. The summed E-state index contributed by atoms with van der Waals surface area (Å²) in [6.45, 7) is -1.14. The fraction of sp³-hybridized carbons (Fsp3) is 0.818. The number of esters is 2. The molecule has 0 saturated heterocycles. The lowest BCUT2D eigenvalue weighted by molar-refractivity contribution is -0.171. The van der Waals surface area contributed by atoms with Crippen molar-refractivity contribution in [2.45, 2.75) is 49.9 Å². The maximum absolute atomic E-state index is 12.8. The van der Waals surface area contributed by atoms with Crippen molar-refractivity contribution in [3.8, 4) is 0 Å². The predicted octanol–water partition coefficient (Wildman–Crippen LogP) is 1.28. The molecule has 0 atom stereocenters. The van der Waals surface area contributed by atoms with Gasteiger partial charge in [0.1, 0.15) is 6.10 Å². The maximum Gasteiger partial charge on any atom is 0.465 e. The Hall–Kier alpha value is -1.29. The number of hydrogen-bond acceptors (Lipinski definition) is 6. The molecule has 0 aromatic carbocycles. The summed E-state index contributed by atoms with van der Waals surface area (Å²) in [5.74, 6) is -3.57. The molecule has 1 fully saturated rings. The van der Waals surface area contributed by atoms with Crippen molar-refractivity contribution < 1.29 is 40.8 Å². The second-order valence-electron chi connectivity index (χ2n) is 4.67. The Morgan fingerprint density at radius 1 is 1.14 bits per heavy atom. The normalized spacial score (nSPS) is 17.9. The molecule has 0 radical (unpaired) electrons. The molecule has 0 unspecified atom stereocenters. The van der Waals surface area contributed by atoms with Crippen LogP contribution in [0.4, 0.5) is 8.78 Å². The summed E-state index contributed by atoms with van der Waals surface area (Å²) in [5.41, 5.74) is 0. The molecule has 1 N–H and O–H groups in total. The monoisotopic (exact) mass is 330 g/mol. The van der Waals surface area contributed by atoms with Crippen LogP contribution in [0.5, 0.6) is 0 Å². The number of carbonyl (C=O) groups is 2. The Labute approximate surface area is 120 Å². The van der Waals surface area contributed by atoms with Gasteiger partial charge in [-0.3, -0.25) is 4.55 Å². The summed E-state index contributed by atoms with van der Waals surface area (Å²) in [6.07, 6.45) is 4.70. The topological polar surface area (TPSA) is 107 Å². The van der Waals surface area contributed by atoms with Crippen molar-refractivity contribution in [2.75, 3.05) is 6.61 Å². The summed E-state index contributed by atoms with van der Waals surface area (Å²) in [7, 11) is -5.94. The van der Waals surface area contributed by atoms with Crippen LogP contribution in [-0.4, -0.2) is 42.9 Å². The van der Waals surface area contributed by atoms with E-state index in [0.717, 1.165) is 25.7 Å². The first-order chi connectivity index (χ1) is 9.64. The van der Waals surface area contributed by atoms with Gasteiger partial charge >= 0.3 is 27.3 Å². The Balaban J connectivity index is 2.44. The zero-order chi connectivity index (χ0) is 16.1. The Bertz CT molecular complexity index is 481. The number of hydrogen-bond donors (Lipinski definition) is 1. The smallest absolute Gasteiger partial charge is 0.460 e. The van der Waals surface area contributed by atoms with E-state index in [1.807, 2.05) is 0 Å². The predicted molar refractivity (Wildman–Crippen MR) is 65.0 cm³/mol. The van der Waals surface area contributed by atoms with E-state index >= 15 is 0 Å². The van der Waals surface area contributed by atoms with Gasteiger partial charge in [0.25, 0.3) is 0 Å². The van der Waals surface area contributed by atoms with E-state index in [4.69, 9.17) is 9.29 Å². The SMILES string of the molecule is O=C(COC(=O)C(F)(F)S(=O)(=O)O)OC1CCCCCC1. The molecule has 0 aromatic heterocycles. The van der Waals surface area contributed by atoms with Gasteiger partial charge in [0.05, 0.1) is 0 Å². The van der Waals surface area contributed by atoms with Gasteiger partial charge in [-0.05, 0) is 25.7 Å². The molecule has 21 heavy (non-hydrogen) atoms. The van der Waals surface area contributed by atoms with E-state index in [9.17, 15) is 26.8 Å². The second-order valence-corrected chi connectivity index (χ2v) is 6.13. The fourth-order valence-electron chi connectivity index (χ4n) is 1.89. The van der Waals surface area contributed by atoms with E-state index in [1.54, 1.807) is 0 Å². The highest BCUT2D eigenvalue weighted by molar-refractivity contribution is 7.87. The molecule has 0 heterocycles. The lowest BCUT2D eigenvalue weighted by Gasteiger charge is -2.16. The summed E-state index contributed by atoms with van der Waals surface area (Å²) in [6, 6.07) is 0. The van der Waals surface area contributed by atoms with Crippen molar-refractivity contribution in [3.63, 3.8) is 0 Å². The van der Waals surface area contributed by atoms with Gasteiger partial charge in [0, 0.05) is 0 Å². The quantitative estimate of drug-likeness (QED) is 0.459. The third kappa shape index (κ3) is 5.20. The molecule has 0 aromatic rings. The molecule has 1 rings (SSSR count). The van der Waals surface area contributed by atoms with E-state index in [2.05, 4.69) is 4.74 Å². The van der Waals surface area contributed by atoms with Crippen LogP contribution in [0.2, 0.25) is 0 Å². The first kappa shape index (κ1) is 17.8. The Morgan fingerprint density at radius 3 is 2.14 bits per heavy atom. The Morgan fingerprint density at radius 2 is 1.67 bits per heavy atom. The molecule has 1 aliphatic rings. The molecular weight excluding hydrogens is 314 g/mol. The highest BCUT2D eigenvalue weighted by atomic mass is 32.2. The van der Waals surface area contributed by atoms with Gasteiger partial charge < -0.3 is 9.47 Å². The number of ether oxygens (including phenoxy) is 2. The van der Waals surface area contributed by atoms with Gasteiger partial charge in [-0.1, -0.05) is 12.8 Å². The van der Waals surface area contributed by atoms with Crippen LogP contribution < -0.4 is 0 Å². The molecule has 0 aliphatic heterocycles. The lowest BCUT2D eigenvalue weighted by Crippen LogP contribution is -2.40. The van der Waals surface area contributed by atoms with Crippen LogP contribution in [0, 0.1) is 0 Å². The first-order valence-electron chi connectivity index (χ1n) is 6.36. The standard InChI is InChI=1S/C11H16F2O7S/c12-11(13,21(16,17)18)10(15)19-7-9(14)20-8-5-3-1-2-4-6-8/h8H,1-7H2,(H,16,17,18). The number of carbonyl (C=O) groups excluding carboxylic acids is 2. The minimum atomic E-state index is -5.94. The first-order valence-corrected chi connectivity index (χ1v) is 7.80. The molecule has 1 aliphatic carbocycles. The highest BCUT2D eigenvalue weighted by Gasteiger charge is 2.54. The largest absolute Gasteiger partial charge is 0.465 e. The van der Waals surface area contributed by atoms with Crippen molar-refractivity contribution in [2.24, 2.45) is 0 Å². The zero-order valence-electron chi connectivity index (χ0n) is 11.1. The van der Waals surface area contributed by atoms with Crippen LogP contribution in [0.1, 0.15) is 38.5 Å². The van der Waals surface area contributed by atoms with Gasteiger partial charge in [0.2, 0.25) is 0 Å². The summed E-state index contributed by atoms with van der Waals surface area (Å²) >= 11 is 0. The van der Waals surface area contributed by atoms with Crippen molar-refractivity contribution in [1.82, 2.24) is 0 Å². The van der Waals surface area contributed by atoms with E-state index in [0.29, 0.717) is 12.8 Å². The Kier molecular flexibility index (Phi) is 6.02.